The molecule has 0 amide bonds. The van der Waals surface area contributed by atoms with Crippen LogP contribution in [-0.4, -0.2) is 47.9 Å². The van der Waals surface area contributed by atoms with Gasteiger partial charge < -0.3 is 20.1 Å². The van der Waals surface area contributed by atoms with Crippen LogP contribution in [0.25, 0.3) is 0 Å². The number of aliphatic hydroxyl groups is 3. The Bertz CT molecular complexity index is 155. The van der Waals surface area contributed by atoms with E-state index >= 15 is 0 Å². The van der Waals surface area contributed by atoms with Crippen molar-refractivity contribution < 1.29 is 20.1 Å². The van der Waals surface area contributed by atoms with Gasteiger partial charge >= 0.3 is 0 Å². The molecule has 1 aliphatic carbocycles. The van der Waals surface area contributed by atoms with Crippen LogP contribution in [0.5, 0.6) is 0 Å². The van der Waals surface area contributed by atoms with Crippen LogP contribution in [0.3, 0.4) is 0 Å². The Labute approximate surface area is 90.9 Å². The number of aliphatic hydroxyl groups excluding tert-OH is 3. The van der Waals surface area contributed by atoms with E-state index in [1.807, 2.05) is 0 Å². The molecule has 0 aromatic carbocycles. The molecule has 0 spiro atoms. The maximum Gasteiger partial charge on any atom is 0.100 e. The predicted molar refractivity (Wildman–Crippen MR) is 56.4 cm³/mol. The summed E-state index contributed by atoms with van der Waals surface area (Å²) in [7, 11) is 0. The summed E-state index contributed by atoms with van der Waals surface area (Å²) in [5.41, 5.74) is 0. The van der Waals surface area contributed by atoms with Crippen LogP contribution in [0.15, 0.2) is 0 Å². The molecule has 0 heterocycles. The van der Waals surface area contributed by atoms with Gasteiger partial charge in [-0.15, -0.1) is 0 Å². The van der Waals surface area contributed by atoms with Gasteiger partial charge in [0.15, 0.2) is 0 Å². The van der Waals surface area contributed by atoms with Gasteiger partial charge in [0.05, 0.1) is 13.2 Å². The first-order chi connectivity index (χ1) is 7.26. The largest absolute Gasteiger partial charge is 0.396 e. The third-order valence-electron chi connectivity index (χ3n) is 3.10. The summed E-state index contributed by atoms with van der Waals surface area (Å²) < 4.78 is 5.32. The van der Waals surface area contributed by atoms with Gasteiger partial charge in [0.2, 0.25) is 0 Å². The molecule has 0 radical (unpaired) electrons. The molecule has 90 valence electrons. The molecule has 1 fully saturated rings. The van der Waals surface area contributed by atoms with E-state index in [-0.39, 0.29) is 13.2 Å². The van der Waals surface area contributed by atoms with E-state index in [0.717, 1.165) is 25.7 Å². The van der Waals surface area contributed by atoms with E-state index in [1.54, 1.807) is 0 Å². The molecule has 1 saturated carbocycles. The zero-order valence-corrected chi connectivity index (χ0v) is 9.14. The molecule has 4 heteroatoms. The van der Waals surface area contributed by atoms with Gasteiger partial charge in [0.25, 0.3) is 0 Å². The topological polar surface area (TPSA) is 69.9 Å². The Morgan fingerprint density at radius 2 is 1.67 bits per heavy atom. The Kier molecular flexibility index (Phi) is 6.17. The van der Waals surface area contributed by atoms with E-state index in [4.69, 9.17) is 20.1 Å². The van der Waals surface area contributed by atoms with Crippen molar-refractivity contribution in [1.82, 2.24) is 0 Å². The highest BCUT2D eigenvalue weighted by Crippen LogP contribution is 2.28. The maximum atomic E-state index is 9.06. The van der Waals surface area contributed by atoms with Crippen LogP contribution >= 0.6 is 0 Å². The summed E-state index contributed by atoms with van der Waals surface area (Å²) in [4.78, 5) is 0. The fourth-order valence-corrected chi connectivity index (χ4v) is 2.00. The average molecular weight is 218 g/mol. The summed E-state index contributed by atoms with van der Waals surface area (Å²) in [6.07, 6.45) is 3.60. The van der Waals surface area contributed by atoms with Crippen molar-refractivity contribution in [2.75, 3.05) is 26.4 Å². The molecular weight excluding hydrogens is 196 g/mol. The summed E-state index contributed by atoms with van der Waals surface area (Å²) in [6.45, 7) is 0.944. The Morgan fingerprint density at radius 3 is 2.20 bits per heavy atom. The highest BCUT2D eigenvalue weighted by Gasteiger charge is 2.20. The lowest BCUT2D eigenvalue weighted by Crippen LogP contribution is -2.24. The lowest BCUT2D eigenvalue weighted by molar-refractivity contribution is -0.0111. The van der Waals surface area contributed by atoms with Crippen molar-refractivity contribution in [2.45, 2.75) is 31.8 Å². The Hall–Kier alpha value is -0.160. The van der Waals surface area contributed by atoms with E-state index < -0.39 is 6.10 Å². The third-order valence-corrected chi connectivity index (χ3v) is 3.10. The van der Waals surface area contributed by atoms with Crippen LogP contribution in [0.4, 0.5) is 0 Å². The number of hydrogen-bond acceptors (Lipinski definition) is 4. The fourth-order valence-electron chi connectivity index (χ4n) is 2.00. The second kappa shape index (κ2) is 7.17. The molecule has 1 unspecified atom stereocenters. The molecular formula is C11H22O4. The molecule has 0 aromatic heterocycles. The first-order valence-electron chi connectivity index (χ1n) is 5.73. The minimum absolute atomic E-state index is 0.219. The second-order valence-electron chi connectivity index (χ2n) is 4.44. The fraction of sp³-hybridized carbons (Fsp3) is 1.00. The van der Waals surface area contributed by atoms with Crippen molar-refractivity contribution in [3.05, 3.63) is 0 Å². The van der Waals surface area contributed by atoms with Crippen molar-refractivity contribution in [3.8, 4) is 0 Å². The second-order valence-corrected chi connectivity index (χ2v) is 4.44. The van der Waals surface area contributed by atoms with Gasteiger partial charge in [-0.05, 0) is 37.5 Å². The highest BCUT2D eigenvalue weighted by molar-refractivity contribution is 4.71. The summed E-state index contributed by atoms with van der Waals surface area (Å²) in [6, 6.07) is 0. The summed E-state index contributed by atoms with van der Waals surface area (Å²) in [5, 5.41) is 26.6. The summed E-state index contributed by atoms with van der Waals surface area (Å²) in [5.74, 6) is 1.03. The predicted octanol–water partition coefficient (Wildman–Crippen LogP) is 0.155. The lowest BCUT2D eigenvalue weighted by Gasteiger charge is -2.27. The highest BCUT2D eigenvalue weighted by atomic mass is 16.5. The average Bonchev–Trinajstić information content (AvgIpc) is 2.29. The zero-order chi connectivity index (χ0) is 11.1. The van der Waals surface area contributed by atoms with E-state index in [0.29, 0.717) is 25.0 Å². The maximum absolute atomic E-state index is 9.06. The SMILES string of the molecule is OCC(O)COCC1CCC(CO)CC1. The van der Waals surface area contributed by atoms with Gasteiger partial charge in [0.1, 0.15) is 6.10 Å². The van der Waals surface area contributed by atoms with E-state index in [9.17, 15) is 0 Å². The Balaban J connectivity index is 2.03. The first-order valence-corrected chi connectivity index (χ1v) is 5.73. The molecule has 1 rings (SSSR count). The van der Waals surface area contributed by atoms with Crippen molar-refractivity contribution in [3.63, 3.8) is 0 Å². The normalized spacial score (nSPS) is 29.0. The van der Waals surface area contributed by atoms with E-state index in [1.165, 1.54) is 0 Å². The standard InChI is InChI=1S/C11H22O4/c12-5-9-1-3-10(4-2-9)7-15-8-11(14)6-13/h9-14H,1-8H2. The van der Waals surface area contributed by atoms with Crippen LogP contribution in [-0.2, 0) is 4.74 Å². The van der Waals surface area contributed by atoms with Gasteiger partial charge in [0, 0.05) is 13.2 Å². The quantitative estimate of drug-likeness (QED) is 0.594. The van der Waals surface area contributed by atoms with Crippen LogP contribution in [0, 0.1) is 11.8 Å². The molecule has 1 atom stereocenters. The molecule has 3 N–H and O–H groups in total. The Morgan fingerprint density at radius 1 is 1.07 bits per heavy atom. The molecule has 4 nitrogen and oxygen atoms in total. The van der Waals surface area contributed by atoms with Crippen LogP contribution in [0.2, 0.25) is 0 Å². The monoisotopic (exact) mass is 218 g/mol. The number of ether oxygens (including phenoxy) is 1. The minimum Gasteiger partial charge on any atom is -0.396 e. The van der Waals surface area contributed by atoms with Crippen LogP contribution in [0.1, 0.15) is 25.7 Å². The van der Waals surface area contributed by atoms with Gasteiger partial charge in [-0.2, -0.15) is 0 Å². The van der Waals surface area contributed by atoms with Gasteiger partial charge in [-0.3, -0.25) is 0 Å². The third kappa shape index (κ3) is 4.93. The van der Waals surface area contributed by atoms with Crippen molar-refractivity contribution in [1.29, 1.82) is 0 Å². The number of hydrogen-bond donors (Lipinski definition) is 3. The first kappa shape index (κ1) is 12.9. The molecule has 0 saturated heterocycles. The number of rotatable bonds is 6. The molecule has 0 aromatic rings. The van der Waals surface area contributed by atoms with Crippen molar-refractivity contribution in [2.24, 2.45) is 11.8 Å². The zero-order valence-electron chi connectivity index (χ0n) is 9.14. The van der Waals surface area contributed by atoms with Crippen molar-refractivity contribution >= 4 is 0 Å². The molecule has 0 bridgehead atoms. The van der Waals surface area contributed by atoms with Crippen LogP contribution < -0.4 is 0 Å². The minimum atomic E-state index is -0.751. The molecule has 15 heavy (non-hydrogen) atoms. The summed E-state index contributed by atoms with van der Waals surface area (Å²) >= 11 is 0. The smallest absolute Gasteiger partial charge is 0.100 e. The van der Waals surface area contributed by atoms with Gasteiger partial charge in [-0.1, -0.05) is 0 Å². The molecule has 0 aliphatic heterocycles. The van der Waals surface area contributed by atoms with Gasteiger partial charge in [-0.25, -0.2) is 0 Å². The van der Waals surface area contributed by atoms with E-state index in [2.05, 4.69) is 0 Å². The lowest BCUT2D eigenvalue weighted by atomic mass is 9.83. The molecule has 1 aliphatic rings.